The Morgan fingerprint density at radius 1 is 1.41 bits per heavy atom. The van der Waals surface area contributed by atoms with Gasteiger partial charge in [0.25, 0.3) is 0 Å². The Morgan fingerprint density at radius 2 is 2.04 bits per heavy atom. The van der Waals surface area contributed by atoms with Crippen molar-refractivity contribution in [3.8, 4) is 5.88 Å². The molecule has 1 aliphatic heterocycles. The van der Waals surface area contributed by atoms with Gasteiger partial charge in [0.2, 0.25) is 5.88 Å². The molecule has 1 aliphatic rings. The maximum Gasteiger partial charge on any atom is 0.226 e. The number of piperidine rings is 1. The first-order chi connectivity index (χ1) is 12.6. The van der Waals surface area contributed by atoms with Gasteiger partial charge in [-0.25, -0.2) is 0 Å². The van der Waals surface area contributed by atoms with E-state index in [0.717, 1.165) is 32.4 Å². The summed E-state index contributed by atoms with van der Waals surface area (Å²) >= 11 is 5.98. The summed E-state index contributed by atoms with van der Waals surface area (Å²) in [6, 6.07) is 1.51. The van der Waals surface area contributed by atoms with E-state index >= 15 is 0 Å². The van der Waals surface area contributed by atoms with E-state index in [1.165, 1.54) is 27.0 Å². The third kappa shape index (κ3) is 5.89. The van der Waals surface area contributed by atoms with Crippen LogP contribution in [0.5, 0.6) is 5.88 Å². The first kappa shape index (κ1) is 21.6. The van der Waals surface area contributed by atoms with Crippen molar-refractivity contribution in [3.05, 3.63) is 16.7 Å². The second-order valence-electron chi connectivity index (χ2n) is 7.58. The monoisotopic (exact) mass is 397 g/mol. The molecule has 8 heteroatoms. The highest BCUT2D eigenvalue weighted by Crippen LogP contribution is 2.28. The number of hydrogen-bond acceptors (Lipinski definition) is 7. The van der Waals surface area contributed by atoms with Crippen LogP contribution in [0.2, 0.25) is 5.02 Å². The summed E-state index contributed by atoms with van der Waals surface area (Å²) < 4.78 is 5.14. The third-order valence-corrected chi connectivity index (χ3v) is 5.30. The van der Waals surface area contributed by atoms with E-state index in [1.807, 2.05) is 0 Å². The highest BCUT2D eigenvalue weighted by atomic mass is 35.5. The van der Waals surface area contributed by atoms with Crippen molar-refractivity contribution in [2.24, 2.45) is 5.92 Å². The zero-order valence-corrected chi connectivity index (χ0v) is 16.9. The molecule has 0 bridgehead atoms. The van der Waals surface area contributed by atoms with E-state index in [2.05, 4.69) is 9.88 Å². The number of nitrogen functional groups attached to an aromatic ring is 1. The fourth-order valence-electron chi connectivity index (χ4n) is 3.14. The number of Topliss-reactive ketones (excluding diaryl/α,β-unsaturated/α-hetero) is 2. The van der Waals surface area contributed by atoms with Crippen LogP contribution in [-0.4, -0.2) is 58.9 Å². The fraction of sp³-hybridized carbons (Fsp3) is 0.632. The number of anilines is 1. The first-order valence-electron chi connectivity index (χ1n) is 9.13. The number of halogens is 1. The number of hydrogen-bond donors (Lipinski definition) is 2. The molecular formula is C19H28ClN3O4. The molecule has 0 aromatic carbocycles. The Labute approximate surface area is 164 Å². The van der Waals surface area contributed by atoms with Gasteiger partial charge in [0.1, 0.15) is 11.4 Å². The van der Waals surface area contributed by atoms with E-state index in [-0.39, 0.29) is 34.8 Å². The van der Waals surface area contributed by atoms with Crippen LogP contribution in [0, 0.1) is 5.92 Å². The predicted molar refractivity (Wildman–Crippen MR) is 104 cm³/mol. The summed E-state index contributed by atoms with van der Waals surface area (Å²) in [6.07, 6.45) is 2.98. The van der Waals surface area contributed by atoms with Crippen LogP contribution in [-0.2, 0) is 4.79 Å². The molecule has 0 saturated carbocycles. The topological polar surface area (TPSA) is 106 Å². The van der Waals surface area contributed by atoms with E-state index in [0.29, 0.717) is 17.9 Å². The van der Waals surface area contributed by atoms with Crippen LogP contribution in [0.25, 0.3) is 0 Å². The molecule has 2 rings (SSSR count). The maximum absolute atomic E-state index is 12.5. The minimum absolute atomic E-state index is 0.0686. The number of rotatable bonds is 8. The second-order valence-corrected chi connectivity index (χ2v) is 7.98. The normalized spacial score (nSPS) is 16.3. The lowest BCUT2D eigenvalue weighted by Crippen LogP contribution is -2.44. The molecule has 0 spiro atoms. The Morgan fingerprint density at radius 3 is 2.59 bits per heavy atom. The number of likely N-dealkylation sites (tertiary alicyclic amines) is 1. The molecule has 1 aromatic rings. The number of aliphatic hydroxyl groups is 1. The van der Waals surface area contributed by atoms with Crippen LogP contribution >= 0.6 is 11.6 Å². The number of nitrogens with two attached hydrogens (primary N) is 1. The number of aromatic nitrogens is 1. The molecule has 1 saturated heterocycles. The maximum atomic E-state index is 12.5. The van der Waals surface area contributed by atoms with Gasteiger partial charge in [0.15, 0.2) is 11.6 Å². The molecule has 0 unspecified atom stereocenters. The van der Waals surface area contributed by atoms with Crippen LogP contribution in [0.1, 0.15) is 49.9 Å². The number of ether oxygens (including phenoxy) is 1. The predicted octanol–water partition coefficient (Wildman–Crippen LogP) is 2.34. The zero-order valence-electron chi connectivity index (χ0n) is 16.1. The van der Waals surface area contributed by atoms with E-state index in [1.54, 1.807) is 0 Å². The molecule has 0 atom stereocenters. The summed E-state index contributed by atoms with van der Waals surface area (Å²) in [4.78, 5) is 30.5. The molecule has 0 aliphatic carbocycles. The van der Waals surface area contributed by atoms with Gasteiger partial charge in [0.05, 0.1) is 24.2 Å². The van der Waals surface area contributed by atoms with Crippen molar-refractivity contribution >= 4 is 29.0 Å². The van der Waals surface area contributed by atoms with E-state index < -0.39 is 5.60 Å². The highest BCUT2D eigenvalue weighted by Gasteiger charge is 2.28. The van der Waals surface area contributed by atoms with Crippen LogP contribution in [0.3, 0.4) is 0 Å². The van der Waals surface area contributed by atoms with Crippen LogP contribution in [0.4, 0.5) is 5.82 Å². The Hall–Kier alpha value is -1.70. The minimum atomic E-state index is -1.29. The largest absolute Gasteiger partial charge is 0.480 e. The van der Waals surface area contributed by atoms with Crippen molar-refractivity contribution in [2.45, 2.75) is 45.1 Å². The Balaban J connectivity index is 1.84. The van der Waals surface area contributed by atoms with Gasteiger partial charge in [0, 0.05) is 6.42 Å². The Bertz CT molecular complexity index is 695. The van der Waals surface area contributed by atoms with Crippen molar-refractivity contribution in [3.63, 3.8) is 0 Å². The van der Waals surface area contributed by atoms with Gasteiger partial charge in [-0.2, -0.15) is 4.98 Å². The van der Waals surface area contributed by atoms with Crippen molar-refractivity contribution in [2.75, 3.05) is 32.5 Å². The molecule has 2 heterocycles. The van der Waals surface area contributed by atoms with Crippen molar-refractivity contribution in [1.29, 1.82) is 0 Å². The molecule has 1 aromatic heterocycles. The zero-order chi connectivity index (χ0) is 20.2. The van der Waals surface area contributed by atoms with E-state index in [9.17, 15) is 14.7 Å². The average molecular weight is 398 g/mol. The lowest BCUT2D eigenvalue weighted by molar-refractivity contribution is -0.135. The minimum Gasteiger partial charge on any atom is -0.480 e. The fourth-order valence-corrected chi connectivity index (χ4v) is 3.29. The lowest BCUT2D eigenvalue weighted by Gasteiger charge is -2.32. The molecule has 150 valence electrons. The number of ketones is 2. The SMILES string of the molecule is COc1nc(N)c(Cl)cc1C(=O)CCC1CCN(CC(=O)C(C)(C)O)CC1. The number of carbonyl (C=O) groups is 2. The molecule has 0 amide bonds. The summed E-state index contributed by atoms with van der Waals surface area (Å²) in [6.45, 7) is 4.88. The molecule has 27 heavy (non-hydrogen) atoms. The van der Waals surface area contributed by atoms with Crippen molar-refractivity contribution in [1.82, 2.24) is 9.88 Å². The highest BCUT2D eigenvalue weighted by molar-refractivity contribution is 6.33. The van der Waals surface area contributed by atoms with Gasteiger partial charge in [-0.05, 0) is 58.2 Å². The molecular weight excluding hydrogens is 370 g/mol. The summed E-state index contributed by atoms with van der Waals surface area (Å²) in [5.41, 5.74) is 4.71. The van der Waals surface area contributed by atoms with Crippen LogP contribution < -0.4 is 10.5 Å². The second kappa shape index (κ2) is 8.99. The van der Waals surface area contributed by atoms with E-state index in [4.69, 9.17) is 22.1 Å². The quantitative estimate of drug-likeness (QED) is 0.648. The number of nitrogens with zero attached hydrogens (tertiary/aromatic N) is 2. The van der Waals surface area contributed by atoms with Gasteiger partial charge >= 0.3 is 0 Å². The third-order valence-electron chi connectivity index (χ3n) is 5.00. The first-order valence-corrected chi connectivity index (χ1v) is 9.50. The standard InChI is InChI=1S/C19H28ClN3O4/c1-19(2,26)16(25)11-23-8-6-12(7-9-23)4-5-15(24)13-10-14(20)17(21)22-18(13)27-3/h10,12,26H,4-9,11H2,1-3H3,(H2,21,22). The lowest BCUT2D eigenvalue weighted by atomic mass is 9.90. The van der Waals surface area contributed by atoms with Crippen LogP contribution in [0.15, 0.2) is 6.07 Å². The number of methoxy groups -OCH3 is 1. The van der Waals surface area contributed by atoms with Gasteiger partial charge in [-0.1, -0.05) is 11.6 Å². The summed E-state index contributed by atoms with van der Waals surface area (Å²) in [5, 5.41) is 10.00. The van der Waals surface area contributed by atoms with Crippen molar-refractivity contribution < 1.29 is 19.4 Å². The molecule has 7 nitrogen and oxygen atoms in total. The number of carbonyl (C=O) groups excluding carboxylic acids is 2. The van der Waals surface area contributed by atoms with Gasteiger partial charge < -0.3 is 15.6 Å². The summed E-state index contributed by atoms with van der Waals surface area (Å²) in [7, 11) is 1.44. The molecule has 1 fully saturated rings. The van der Waals surface area contributed by atoms with Gasteiger partial charge in [-0.15, -0.1) is 0 Å². The average Bonchev–Trinajstić information content (AvgIpc) is 2.61. The van der Waals surface area contributed by atoms with Gasteiger partial charge in [-0.3, -0.25) is 14.5 Å². The smallest absolute Gasteiger partial charge is 0.226 e. The number of pyridine rings is 1. The molecule has 0 radical (unpaired) electrons. The molecule has 3 N–H and O–H groups in total. The summed E-state index contributed by atoms with van der Waals surface area (Å²) in [5.74, 6) is 0.516. The Kier molecular flexibility index (Phi) is 7.19.